The van der Waals surface area contributed by atoms with Gasteiger partial charge in [0.15, 0.2) is 16.4 Å². The van der Waals surface area contributed by atoms with Crippen molar-refractivity contribution in [3.05, 3.63) is 45.6 Å². The minimum Gasteiger partial charge on any atom is -0.452 e. The zero-order chi connectivity index (χ0) is 18.7. The number of hydrogen-bond acceptors (Lipinski definition) is 6. The molecule has 1 heterocycles. The third kappa shape index (κ3) is 4.31. The van der Waals surface area contributed by atoms with E-state index in [0.717, 1.165) is 37.5 Å². The van der Waals surface area contributed by atoms with Crippen molar-refractivity contribution < 1.29 is 22.7 Å². The molecular formula is C18H19NO5S2. The lowest BCUT2D eigenvalue weighted by atomic mass is 9.96. The van der Waals surface area contributed by atoms with E-state index < -0.39 is 28.3 Å². The van der Waals surface area contributed by atoms with Crippen LogP contribution in [-0.4, -0.2) is 33.2 Å². The highest BCUT2D eigenvalue weighted by Crippen LogP contribution is 2.30. The average molecular weight is 393 g/mol. The van der Waals surface area contributed by atoms with Crippen LogP contribution in [0.3, 0.4) is 0 Å². The summed E-state index contributed by atoms with van der Waals surface area (Å²) in [7, 11) is -3.36. The van der Waals surface area contributed by atoms with Crippen molar-refractivity contribution in [3.63, 3.8) is 0 Å². The highest BCUT2D eigenvalue weighted by atomic mass is 32.2. The molecule has 1 amide bonds. The Balaban J connectivity index is 1.59. The molecule has 1 aromatic carbocycles. The number of fused-ring (bicyclic) bond motifs is 1. The van der Waals surface area contributed by atoms with Crippen LogP contribution in [0.1, 0.15) is 33.6 Å². The van der Waals surface area contributed by atoms with Gasteiger partial charge in [0.25, 0.3) is 5.91 Å². The second kappa shape index (κ2) is 7.59. The number of thiophene rings is 1. The molecule has 26 heavy (non-hydrogen) atoms. The molecule has 1 aromatic heterocycles. The number of benzene rings is 1. The summed E-state index contributed by atoms with van der Waals surface area (Å²) in [6.45, 7) is -0.424. The van der Waals surface area contributed by atoms with Gasteiger partial charge < -0.3 is 10.1 Å². The Morgan fingerprint density at radius 1 is 1.23 bits per heavy atom. The fourth-order valence-corrected chi connectivity index (χ4v) is 4.66. The smallest absolute Gasteiger partial charge is 0.339 e. The standard InChI is InChI=1S/C18H19NO5S2/c1-26(22,23)13-6-4-5-12(9-13)19-17(20)10-24-18(21)15-11-25-16-8-3-2-7-14(15)16/h4-6,9,11H,2-3,7-8,10H2,1H3,(H,19,20). The molecule has 0 spiro atoms. The van der Waals surface area contributed by atoms with Gasteiger partial charge in [0.1, 0.15) is 0 Å². The van der Waals surface area contributed by atoms with E-state index in [-0.39, 0.29) is 4.90 Å². The van der Waals surface area contributed by atoms with E-state index in [4.69, 9.17) is 4.74 Å². The Hall–Kier alpha value is -2.19. The third-order valence-corrected chi connectivity index (χ3v) is 6.36. The van der Waals surface area contributed by atoms with E-state index in [9.17, 15) is 18.0 Å². The molecule has 1 aliphatic rings. The molecule has 0 unspecified atom stereocenters. The molecule has 0 aliphatic heterocycles. The van der Waals surface area contributed by atoms with Crippen molar-refractivity contribution in [1.82, 2.24) is 0 Å². The lowest BCUT2D eigenvalue weighted by Crippen LogP contribution is -2.21. The van der Waals surface area contributed by atoms with Crippen LogP contribution in [0.5, 0.6) is 0 Å². The fourth-order valence-electron chi connectivity index (χ4n) is 2.88. The number of hydrogen-bond donors (Lipinski definition) is 1. The second-order valence-corrected chi connectivity index (χ2v) is 9.16. The molecule has 0 fully saturated rings. The summed E-state index contributed by atoms with van der Waals surface area (Å²) >= 11 is 1.56. The molecule has 3 rings (SSSR count). The summed E-state index contributed by atoms with van der Waals surface area (Å²) in [5, 5.41) is 4.34. The lowest BCUT2D eigenvalue weighted by molar-refractivity contribution is -0.119. The van der Waals surface area contributed by atoms with E-state index in [2.05, 4.69) is 5.32 Å². The minimum atomic E-state index is -3.36. The molecule has 1 aliphatic carbocycles. The molecule has 0 bridgehead atoms. The maximum absolute atomic E-state index is 12.2. The number of esters is 1. The normalized spacial score (nSPS) is 13.7. The Kier molecular flexibility index (Phi) is 5.43. The summed E-state index contributed by atoms with van der Waals surface area (Å²) < 4.78 is 28.2. The topological polar surface area (TPSA) is 89.5 Å². The van der Waals surface area contributed by atoms with Gasteiger partial charge in [0, 0.05) is 22.2 Å². The van der Waals surface area contributed by atoms with Crippen LogP contribution < -0.4 is 5.32 Å². The molecule has 6 nitrogen and oxygen atoms in total. The molecule has 138 valence electrons. The summed E-state index contributed by atoms with van der Waals surface area (Å²) in [6, 6.07) is 5.92. The monoisotopic (exact) mass is 393 g/mol. The summed E-state index contributed by atoms with van der Waals surface area (Å²) in [4.78, 5) is 25.6. The van der Waals surface area contributed by atoms with Crippen molar-refractivity contribution in [1.29, 1.82) is 0 Å². The number of rotatable bonds is 5. The highest BCUT2D eigenvalue weighted by molar-refractivity contribution is 7.90. The molecule has 8 heteroatoms. The van der Waals surface area contributed by atoms with E-state index in [1.807, 2.05) is 0 Å². The Morgan fingerprint density at radius 2 is 2.00 bits per heavy atom. The average Bonchev–Trinajstić information content (AvgIpc) is 3.03. The van der Waals surface area contributed by atoms with Gasteiger partial charge in [-0.1, -0.05) is 6.07 Å². The molecular weight excluding hydrogens is 374 g/mol. The predicted octanol–water partition coefficient (Wildman–Crippen LogP) is 2.83. The van der Waals surface area contributed by atoms with Gasteiger partial charge in [0.05, 0.1) is 10.5 Å². The van der Waals surface area contributed by atoms with Gasteiger partial charge in [-0.2, -0.15) is 0 Å². The number of anilines is 1. The van der Waals surface area contributed by atoms with Gasteiger partial charge in [-0.05, 0) is 49.4 Å². The molecule has 0 atom stereocenters. The Morgan fingerprint density at radius 3 is 2.77 bits per heavy atom. The zero-order valence-corrected chi connectivity index (χ0v) is 15.9. The van der Waals surface area contributed by atoms with Crippen molar-refractivity contribution in [2.24, 2.45) is 0 Å². The van der Waals surface area contributed by atoms with Crippen molar-refractivity contribution in [2.45, 2.75) is 30.6 Å². The van der Waals surface area contributed by atoms with Crippen LogP contribution in [0.25, 0.3) is 0 Å². The number of sulfone groups is 1. The first-order valence-corrected chi connectivity index (χ1v) is 11.0. The van der Waals surface area contributed by atoms with Crippen LogP contribution in [0.4, 0.5) is 5.69 Å². The molecule has 0 radical (unpaired) electrons. The number of carbonyl (C=O) groups is 2. The highest BCUT2D eigenvalue weighted by Gasteiger charge is 2.21. The van der Waals surface area contributed by atoms with Gasteiger partial charge in [0.2, 0.25) is 0 Å². The first kappa shape index (κ1) is 18.6. The van der Waals surface area contributed by atoms with Crippen LogP contribution in [0.15, 0.2) is 34.5 Å². The summed E-state index contributed by atoms with van der Waals surface area (Å²) in [5.74, 6) is -1.02. The van der Waals surface area contributed by atoms with Crippen LogP contribution in [0, 0.1) is 0 Å². The number of amides is 1. The van der Waals surface area contributed by atoms with Crippen LogP contribution in [-0.2, 0) is 32.2 Å². The molecule has 1 N–H and O–H groups in total. The second-order valence-electron chi connectivity index (χ2n) is 6.18. The van der Waals surface area contributed by atoms with Crippen molar-refractivity contribution >= 4 is 38.7 Å². The summed E-state index contributed by atoms with van der Waals surface area (Å²) in [5.41, 5.74) is 1.94. The third-order valence-electron chi connectivity index (χ3n) is 4.16. The van der Waals surface area contributed by atoms with Crippen molar-refractivity contribution in [2.75, 3.05) is 18.2 Å². The zero-order valence-electron chi connectivity index (χ0n) is 14.3. The number of carbonyl (C=O) groups excluding carboxylic acids is 2. The van der Waals surface area contributed by atoms with E-state index >= 15 is 0 Å². The van der Waals surface area contributed by atoms with Gasteiger partial charge in [-0.3, -0.25) is 4.79 Å². The molecule has 0 saturated carbocycles. The largest absolute Gasteiger partial charge is 0.452 e. The maximum Gasteiger partial charge on any atom is 0.339 e. The fraction of sp³-hybridized carbons (Fsp3) is 0.333. The first-order valence-electron chi connectivity index (χ1n) is 8.21. The van der Waals surface area contributed by atoms with E-state index in [1.54, 1.807) is 22.8 Å². The molecule has 2 aromatic rings. The van der Waals surface area contributed by atoms with Gasteiger partial charge in [-0.15, -0.1) is 11.3 Å². The van der Waals surface area contributed by atoms with E-state index in [0.29, 0.717) is 11.3 Å². The number of nitrogens with one attached hydrogen (secondary N) is 1. The van der Waals surface area contributed by atoms with Crippen molar-refractivity contribution in [3.8, 4) is 0 Å². The first-order chi connectivity index (χ1) is 12.3. The van der Waals surface area contributed by atoms with Crippen LogP contribution >= 0.6 is 11.3 Å². The minimum absolute atomic E-state index is 0.109. The number of aryl methyl sites for hydroxylation is 1. The lowest BCUT2D eigenvalue weighted by Gasteiger charge is -2.12. The van der Waals surface area contributed by atoms with Crippen LogP contribution in [0.2, 0.25) is 0 Å². The quantitative estimate of drug-likeness (QED) is 0.789. The number of ether oxygens (including phenoxy) is 1. The van der Waals surface area contributed by atoms with Gasteiger partial charge in [-0.25, -0.2) is 13.2 Å². The predicted molar refractivity (Wildman–Crippen MR) is 99.4 cm³/mol. The van der Waals surface area contributed by atoms with Gasteiger partial charge >= 0.3 is 5.97 Å². The Bertz CT molecular complexity index is 946. The summed E-state index contributed by atoms with van der Waals surface area (Å²) in [6.07, 6.45) is 5.15. The maximum atomic E-state index is 12.2. The Labute approximate surface area is 156 Å². The van der Waals surface area contributed by atoms with E-state index in [1.165, 1.54) is 23.1 Å². The molecule has 0 saturated heterocycles. The SMILES string of the molecule is CS(=O)(=O)c1cccc(NC(=O)COC(=O)c2csc3c2CCCC3)c1.